The summed E-state index contributed by atoms with van der Waals surface area (Å²) in [7, 11) is 0. The predicted octanol–water partition coefficient (Wildman–Crippen LogP) is 3.47. The van der Waals surface area contributed by atoms with Crippen molar-refractivity contribution in [3.63, 3.8) is 0 Å². The van der Waals surface area contributed by atoms with E-state index in [0.29, 0.717) is 6.54 Å². The van der Waals surface area contributed by atoms with Gasteiger partial charge in [0, 0.05) is 19.2 Å². The lowest BCUT2D eigenvalue weighted by Crippen LogP contribution is -2.40. The smallest absolute Gasteiger partial charge is 0.226 e. The number of aryl methyl sites for hydroxylation is 1. The summed E-state index contributed by atoms with van der Waals surface area (Å²) >= 11 is 0. The SMILES string of the molecule is CC(=O)N1CCc2ccccc2C1CC(=O)Nc1ccc(C)cc1. The molecule has 0 fully saturated rings. The number of rotatable bonds is 3. The van der Waals surface area contributed by atoms with Gasteiger partial charge in [0.25, 0.3) is 0 Å². The molecule has 2 amide bonds. The number of nitrogens with one attached hydrogen (secondary N) is 1. The van der Waals surface area contributed by atoms with E-state index in [1.807, 2.05) is 49.4 Å². The number of anilines is 1. The van der Waals surface area contributed by atoms with Crippen molar-refractivity contribution >= 4 is 17.5 Å². The zero-order valence-corrected chi connectivity index (χ0v) is 14.1. The number of carbonyl (C=O) groups is 2. The van der Waals surface area contributed by atoms with Crippen molar-refractivity contribution in [1.29, 1.82) is 0 Å². The van der Waals surface area contributed by atoms with Gasteiger partial charge in [0.15, 0.2) is 0 Å². The Balaban J connectivity index is 1.79. The first kappa shape index (κ1) is 16.2. The maximum Gasteiger partial charge on any atom is 0.226 e. The fourth-order valence-corrected chi connectivity index (χ4v) is 3.27. The van der Waals surface area contributed by atoms with Gasteiger partial charge in [-0.3, -0.25) is 9.59 Å². The lowest BCUT2D eigenvalue weighted by Gasteiger charge is -2.36. The standard InChI is InChI=1S/C20H22N2O2/c1-14-7-9-17(10-8-14)21-20(24)13-19-18-6-4-3-5-16(18)11-12-22(19)15(2)23/h3-10,19H,11-13H2,1-2H3,(H,21,24). The highest BCUT2D eigenvalue weighted by Gasteiger charge is 2.30. The van der Waals surface area contributed by atoms with Crippen LogP contribution in [0.15, 0.2) is 48.5 Å². The molecule has 1 aliphatic heterocycles. The van der Waals surface area contributed by atoms with E-state index < -0.39 is 0 Å². The Hall–Kier alpha value is -2.62. The quantitative estimate of drug-likeness (QED) is 0.940. The summed E-state index contributed by atoms with van der Waals surface area (Å²) in [5, 5.41) is 2.93. The van der Waals surface area contributed by atoms with Crippen LogP contribution in [0.5, 0.6) is 0 Å². The minimum absolute atomic E-state index is 0.0117. The second kappa shape index (κ2) is 6.87. The molecule has 3 rings (SSSR count). The number of amides is 2. The normalized spacial score (nSPS) is 16.4. The fourth-order valence-electron chi connectivity index (χ4n) is 3.27. The summed E-state index contributed by atoms with van der Waals surface area (Å²) in [5.41, 5.74) is 4.24. The van der Waals surface area contributed by atoms with Crippen molar-refractivity contribution < 1.29 is 9.59 Å². The molecule has 1 unspecified atom stereocenters. The maximum absolute atomic E-state index is 12.5. The van der Waals surface area contributed by atoms with Gasteiger partial charge in [0.1, 0.15) is 0 Å². The third-order valence-corrected chi connectivity index (χ3v) is 4.53. The van der Waals surface area contributed by atoms with Gasteiger partial charge in [-0.05, 0) is 36.6 Å². The predicted molar refractivity (Wildman–Crippen MR) is 94.7 cm³/mol. The van der Waals surface area contributed by atoms with Crippen LogP contribution < -0.4 is 5.32 Å². The topological polar surface area (TPSA) is 49.4 Å². The van der Waals surface area contributed by atoms with Gasteiger partial charge in [-0.2, -0.15) is 0 Å². The first-order valence-corrected chi connectivity index (χ1v) is 8.26. The van der Waals surface area contributed by atoms with E-state index in [2.05, 4.69) is 11.4 Å². The average molecular weight is 322 g/mol. The Morgan fingerprint density at radius 1 is 1.12 bits per heavy atom. The molecule has 2 aromatic carbocycles. The molecular formula is C20H22N2O2. The Morgan fingerprint density at radius 2 is 1.83 bits per heavy atom. The second-order valence-corrected chi connectivity index (χ2v) is 6.30. The zero-order valence-electron chi connectivity index (χ0n) is 14.1. The lowest BCUT2D eigenvalue weighted by atomic mass is 9.90. The molecule has 1 heterocycles. The molecule has 0 spiro atoms. The molecule has 4 nitrogen and oxygen atoms in total. The Labute approximate surface area is 142 Å². The van der Waals surface area contributed by atoms with Crippen LogP contribution >= 0.6 is 0 Å². The van der Waals surface area contributed by atoms with Gasteiger partial charge in [0.05, 0.1) is 12.5 Å². The van der Waals surface area contributed by atoms with Crippen LogP contribution in [0.4, 0.5) is 5.69 Å². The number of hydrogen-bond donors (Lipinski definition) is 1. The fraction of sp³-hybridized carbons (Fsp3) is 0.300. The van der Waals surface area contributed by atoms with E-state index in [1.165, 1.54) is 5.56 Å². The van der Waals surface area contributed by atoms with Gasteiger partial charge in [-0.25, -0.2) is 0 Å². The first-order chi connectivity index (χ1) is 11.5. The summed E-state index contributed by atoms with van der Waals surface area (Å²) in [6, 6.07) is 15.6. The Bertz CT molecular complexity index is 752. The van der Waals surface area contributed by atoms with Crippen molar-refractivity contribution in [3.05, 3.63) is 65.2 Å². The summed E-state index contributed by atoms with van der Waals surface area (Å²) in [4.78, 5) is 26.3. The molecule has 0 saturated heterocycles. The van der Waals surface area contributed by atoms with Crippen molar-refractivity contribution in [2.75, 3.05) is 11.9 Å². The largest absolute Gasteiger partial charge is 0.335 e. The van der Waals surface area contributed by atoms with Crippen LogP contribution in [0.3, 0.4) is 0 Å². The second-order valence-electron chi connectivity index (χ2n) is 6.30. The summed E-state index contributed by atoms with van der Waals surface area (Å²) in [6.45, 7) is 4.24. The molecule has 24 heavy (non-hydrogen) atoms. The van der Waals surface area contributed by atoms with E-state index in [4.69, 9.17) is 0 Å². The highest BCUT2D eigenvalue weighted by molar-refractivity contribution is 5.91. The van der Waals surface area contributed by atoms with Gasteiger partial charge in [0.2, 0.25) is 11.8 Å². The van der Waals surface area contributed by atoms with E-state index in [-0.39, 0.29) is 24.3 Å². The summed E-state index contributed by atoms with van der Waals surface area (Å²) in [6.07, 6.45) is 1.11. The van der Waals surface area contributed by atoms with Gasteiger partial charge in [-0.1, -0.05) is 42.0 Å². The molecule has 0 aliphatic carbocycles. The molecule has 2 aromatic rings. The van der Waals surface area contributed by atoms with E-state index in [0.717, 1.165) is 23.2 Å². The minimum atomic E-state index is -0.196. The molecular weight excluding hydrogens is 300 g/mol. The Morgan fingerprint density at radius 3 is 2.54 bits per heavy atom. The molecule has 1 atom stereocenters. The number of benzene rings is 2. The summed E-state index contributed by atoms with van der Waals surface area (Å²) < 4.78 is 0. The minimum Gasteiger partial charge on any atom is -0.335 e. The average Bonchev–Trinajstić information content (AvgIpc) is 2.57. The first-order valence-electron chi connectivity index (χ1n) is 8.26. The highest BCUT2D eigenvalue weighted by atomic mass is 16.2. The van der Waals surface area contributed by atoms with Gasteiger partial charge >= 0.3 is 0 Å². The number of hydrogen-bond acceptors (Lipinski definition) is 2. The number of fused-ring (bicyclic) bond motifs is 1. The van der Waals surface area contributed by atoms with Crippen molar-refractivity contribution in [2.45, 2.75) is 32.7 Å². The molecule has 4 heteroatoms. The highest BCUT2D eigenvalue weighted by Crippen LogP contribution is 2.32. The van der Waals surface area contributed by atoms with Gasteiger partial charge < -0.3 is 10.2 Å². The van der Waals surface area contributed by atoms with Crippen LogP contribution in [-0.2, 0) is 16.0 Å². The molecule has 124 valence electrons. The number of nitrogens with zero attached hydrogens (tertiary/aromatic N) is 1. The van der Waals surface area contributed by atoms with Crippen LogP contribution in [0.25, 0.3) is 0 Å². The van der Waals surface area contributed by atoms with E-state index >= 15 is 0 Å². The zero-order chi connectivity index (χ0) is 17.1. The Kier molecular flexibility index (Phi) is 4.65. The molecule has 0 saturated carbocycles. The van der Waals surface area contributed by atoms with Crippen LogP contribution in [0.1, 0.15) is 36.1 Å². The molecule has 1 aliphatic rings. The van der Waals surface area contributed by atoms with Crippen molar-refractivity contribution in [2.24, 2.45) is 0 Å². The molecule has 1 N–H and O–H groups in total. The van der Waals surface area contributed by atoms with Crippen molar-refractivity contribution in [1.82, 2.24) is 4.90 Å². The van der Waals surface area contributed by atoms with E-state index in [1.54, 1.807) is 11.8 Å². The molecule has 0 bridgehead atoms. The monoisotopic (exact) mass is 322 g/mol. The van der Waals surface area contributed by atoms with E-state index in [9.17, 15) is 9.59 Å². The third-order valence-electron chi connectivity index (χ3n) is 4.53. The van der Waals surface area contributed by atoms with Crippen molar-refractivity contribution in [3.8, 4) is 0 Å². The summed E-state index contributed by atoms with van der Waals surface area (Å²) in [5.74, 6) is -0.0653. The van der Waals surface area contributed by atoms with Crippen LogP contribution in [-0.4, -0.2) is 23.3 Å². The lowest BCUT2D eigenvalue weighted by molar-refractivity contribution is -0.132. The number of carbonyl (C=O) groups excluding carboxylic acids is 2. The molecule has 0 radical (unpaired) electrons. The van der Waals surface area contributed by atoms with Crippen LogP contribution in [0.2, 0.25) is 0 Å². The molecule has 0 aromatic heterocycles. The third kappa shape index (κ3) is 3.48. The maximum atomic E-state index is 12.5. The van der Waals surface area contributed by atoms with Gasteiger partial charge in [-0.15, -0.1) is 0 Å². The van der Waals surface area contributed by atoms with Crippen LogP contribution in [0, 0.1) is 6.92 Å².